The standard InChI is InChI=1S/C13H17N3O3/c1-18-10-4-2-9(3-5-10)8-19-16-11-6-7-15-12(11)13(14)17/h2-5,12,15H,6-8H2,1H3,(H2,14,17)/b16-11-. The van der Waals surface area contributed by atoms with Crippen molar-refractivity contribution in [1.29, 1.82) is 0 Å². The molecule has 1 aliphatic rings. The van der Waals surface area contributed by atoms with Gasteiger partial charge in [0.1, 0.15) is 18.4 Å². The van der Waals surface area contributed by atoms with Gasteiger partial charge in [-0.2, -0.15) is 0 Å². The largest absolute Gasteiger partial charge is 0.497 e. The van der Waals surface area contributed by atoms with Crippen molar-refractivity contribution < 1.29 is 14.4 Å². The number of hydrogen-bond acceptors (Lipinski definition) is 5. The quantitative estimate of drug-likeness (QED) is 0.754. The van der Waals surface area contributed by atoms with Crippen LogP contribution in [0.4, 0.5) is 0 Å². The van der Waals surface area contributed by atoms with Gasteiger partial charge in [-0.1, -0.05) is 17.3 Å². The summed E-state index contributed by atoms with van der Waals surface area (Å²) in [7, 11) is 1.62. The predicted molar refractivity (Wildman–Crippen MR) is 70.8 cm³/mol. The van der Waals surface area contributed by atoms with Gasteiger partial charge < -0.3 is 20.6 Å². The molecule has 0 bridgehead atoms. The lowest BCUT2D eigenvalue weighted by Gasteiger charge is -2.07. The van der Waals surface area contributed by atoms with Crippen molar-refractivity contribution in [3.63, 3.8) is 0 Å². The fourth-order valence-electron chi connectivity index (χ4n) is 1.88. The molecule has 6 nitrogen and oxygen atoms in total. The average Bonchev–Trinajstić information content (AvgIpc) is 2.88. The highest BCUT2D eigenvalue weighted by molar-refractivity contribution is 6.08. The number of carbonyl (C=O) groups is 1. The van der Waals surface area contributed by atoms with Crippen LogP contribution in [0.2, 0.25) is 0 Å². The molecular weight excluding hydrogens is 246 g/mol. The SMILES string of the molecule is COc1ccc(CO/N=C2/CCNC2C(N)=O)cc1. The van der Waals surface area contributed by atoms with Crippen LogP contribution in [0.5, 0.6) is 5.75 Å². The molecule has 0 aliphatic carbocycles. The molecule has 0 radical (unpaired) electrons. The van der Waals surface area contributed by atoms with E-state index in [1.807, 2.05) is 24.3 Å². The van der Waals surface area contributed by atoms with Gasteiger partial charge in [-0.05, 0) is 17.7 Å². The van der Waals surface area contributed by atoms with Crippen LogP contribution in [0.3, 0.4) is 0 Å². The molecule has 2 rings (SSSR count). The van der Waals surface area contributed by atoms with Crippen molar-refractivity contribution in [3.8, 4) is 5.75 Å². The zero-order chi connectivity index (χ0) is 13.7. The van der Waals surface area contributed by atoms with Crippen molar-refractivity contribution in [3.05, 3.63) is 29.8 Å². The van der Waals surface area contributed by atoms with Crippen LogP contribution in [0, 0.1) is 0 Å². The van der Waals surface area contributed by atoms with E-state index in [1.165, 1.54) is 0 Å². The van der Waals surface area contributed by atoms with Crippen LogP contribution in [-0.4, -0.2) is 31.3 Å². The number of nitrogens with one attached hydrogen (secondary N) is 1. The first kappa shape index (κ1) is 13.4. The third kappa shape index (κ3) is 3.45. The van der Waals surface area contributed by atoms with E-state index >= 15 is 0 Å². The first-order chi connectivity index (χ1) is 9.20. The number of methoxy groups -OCH3 is 1. The Kier molecular flexibility index (Phi) is 4.35. The minimum Gasteiger partial charge on any atom is -0.497 e. The first-order valence-electron chi connectivity index (χ1n) is 6.05. The summed E-state index contributed by atoms with van der Waals surface area (Å²) in [5, 5.41) is 6.95. The van der Waals surface area contributed by atoms with Gasteiger partial charge in [-0.15, -0.1) is 0 Å². The van der Waals surface area contributed by atoms with E-state index in [4.69, 9.17) is 15.3 Å². The summed E-state index contributed by atoms with van der Waals surface area (Å²) in [6.07, 6.45) is 0.677. The maximum absolute atomic E-state index is 11.1. The molecule has 1 heterocycles. The van der Waals surface area contributed by atoms with Crippen molar-refractivity contribution in [1.82, 2.24) is 5.32 Å². The fraction of sp³-hybridized carbons (Fsp3) is 0.385. The Labute approximate surface area is 111 Å². The Hall–Kier alpha value is -2.08. The second kappa shape index (κ2) is 6.19. The molecule has 0 aromatic heterocycles. The van der Waals surface area contributed by atoms with Gasteiger partial charge in [0.05, 0.1) is 12.8 Å². The number of hydrogen-bond donors (Lipinski definition) is 2. The minimum atomic E-state index is -0.504. The summed E-state index contributed by atoms with van der Waals surface area (Å²) in [5.41, 5.74) is 6.88. The van der Waals surface area contributed by atoms with Gasteiger partial charge in [0.2, 0.25) is 5.91 Å². The third-order valence-corrected chi connectivity index (χ3v) is 2.92. The zero-order valence-electron chi connectivity index (χ0n) is 10.8. The number of rotatable bonds is 5. The number of nitrogens with two attached hydrogens (primary N) is 1. The molecule has 1 aromatic carbocycles. The lowest BCUT2D eigenvalue weighted by molar-refractivity contribution is -0.118. The summed E-state index contributed by atoms with van der Waals surface area (Å²) < 4.78 is 5.07. The van der Waals surface area contributed by atoms with Gasteiger partial charge in [0, 0.05) is 13.0 Å². The number of nitrogens with zero attached hydrogens (tertiary/aromatic N) is 1. The topological polar surface area (TPSA) is 85.9 Å². The Balaban J connectivity index is 1.89. The highest BCUT2D eigenvalue weighted by Gasteiger charge is 2.27. The maximum atomic E-state index is 11.1. The van der Waals surface area contributed by atoms with E-state index in [1.54, 1.807) is 7.11 Å². The van der Waals surface area contributed by atoms with Crippen LogP contribution in [0.1, 0.15) is 12.0 Å². The normalized spacial score (nSPS) is 20.5. The summed E-state index contributed by atoms with van der Waals surface area (Å²) >= 11 is 0. The molecule has 102 valence electrons. The van der Waals surface area contributed by atoms with E-state index in [0.717, 1.165) is 11.3 Å². The van der Waals surface area contributed by atoms with E-state index < -0.39 is 11.9 Å². The van der Waals surface area contributed by atoms with E-state index in [2.05, 4.69) is 10.5 Å². The molecule has 6 heteroatoms. The number of benzene rings is 1. The summed E-state index contributed by atoms with van der Waals surface area (Å²) in [6.45, 7) is 1.04. The Morgan fingerprint density at radius 3 is 2.84 bits per heavy atom. The minimum absolute atomic E-state index is 0.346. The third-order valence-electron chi connectivity index (χ3n) is 2.92. The molecule has 1 aromatic rings. The van der Waals surface area contributed by atoms with Crippen LogP contribution in [0.15, 0.2) is 29.4 Å². The van der Waals surface area contributed by atoms with Gasteiger partial charge in [-0.25, -0.2) is 0 Å². The number of oxime groups is 1. The molecule has 1 fully saturated rings. The van der Waals surface area contributed by atoms with Crippen molar-refractivity contribution in [2.75, 3.05) is 13.7 Å². The maximum Gasteiger partial charge on any atom is 0.240 e. The van der Waals surface area contributed by atoms with Crippen LogP contribution >= 0.6 is 0 Å². The Bertz CT molecular complexity index is 471. The van der Waals surface area contributed by atoms with Crippen molar-refractivity contribution in [2.45, 2.75) is 19.1 Å². The molecule has 1 amide bonds. The molecular formula is C13H17N3O3. The smallest absolute Gasteiger partial charge is 0.240 e. The molecule has 1 aliphatic heterocycles. The second-order valence-electron chi connectivity index (χ2n) is 4.24. The van der Waals surface area contributed by atoms with Crippen LogP contribution in [-0.2, 0) is 16.2 Å². The fourth-order valence-corrected chi connectivity index (χ4v) is 1.88. The number of primary amides is 1. The Morgan fingerprint density at radius 1 is 1.47 bits per heavy atom. The number of carbonyl (C=O) groups excluding carboxylic acids is 1. The van der Waals surface area contributed by atoms with E-state index in [-0.39, 0.29) is 0 Å². The first-order valence-corrected chi connectivity index (χ1v) is 6.05. The number of amides is 1. The average molecular weight is 263 g/mol. The molecule has 19 heavy (non-hydrogen) atoms. The predicted octanol–water partition coefficient (Wildman–Crippen LogP) is 0.415. The van der Waals surface area contributed by atoms with Gasteiger partial charge in [-0.3, -0.25) is 4.79 Å². The molecule has 1 unspecified atom stereocenters. The van der Waals surface area contributed by atoms with Gasteiger partial charge in [0.25, 0.3) is 0 Å². The molecule has 1 atom stereocenters. The second-order valence-corrected chi connectivity index (χ2v) is 4.24. The van der Waals surface area contributed by atoms with Gasteiger partial charge >= 0.3 is 0 Å². The monoisotopic (exact) mass is 263 g/mol. The van der Waals surface area contributed by atoms with E-state index in [9.17, 15) is 4.79 Å². The molecule has 0 spiro atoms. The van der Waals surface area contributed by atoms with Crippen LogP contribution in [0.25, 0.3) is 0 Å². The Morgan fingerprint density at radius 2 is 2.21 bits per heavy atom. The molecule has 1 saturated heterocycles. The highest BCUT2D eigenvalue weighted by Crippen LogP contribution is 2.12. The lowest BCUT2D eigenvalue weighted by atomic mass is 10.2. The van der Waals surface area contributed by atoms with E-state index in [0.29, 0.717) is 25.3 Å². The summed E-state index contributed by atoms with van der Waals surface area (Å²) in [5.74, 6) is 0.369. The van der Waals surface area contributed by atoms with Gasteiger partial charge in [0.15, 0.2) is 0 Å². The lowest BCUT2D eigenvalue weighted by Crippen LogP contribution is -2.40. The van der Waals surface area contributed by atoms with Crippen molar-refractivity contribution >= 4 is 11.6 Å². The highest BCUT2D eigenvalue weighted by atomic mass is 16.6. The molecule has 3 N–H and O–H groups in total. The van der Waals surface area contributed by atoms with Crippen LogP contribution < -0.4 is 15.8 Å². The number of ether oxygens (including phenoxy) is 1. The summed E-state index contributed by atoms with van der Waals surface area (Å²) in [4.78, 5) is 16.4. The van der Waals surface area contributed by atoms with Crippen molar-refractivity contribution in [2.24, 2.45) is 10.9 Å². The zero-order valence-corrected chi connectivity index (χ0v) is 10.8. The summed E-state index contributed by atoms with van der Waals surface area (Å²) in [6, 6.07) is 7.01. The molecule has 0 saturated carbocycles.